The highest BCUT2D eigenvalue weighted by Crippen LogP contribution is 2.30. The summed E-state index contributed by atoms with van der Waals surface area (Å²) >= 11 is 0. The molecule has 0 bridgehead atoms. The molecule has 0 aromatic heterocycles. The van der Waals surface area contributed by atoms with Crippen LogP contribution in [0.3, 0.4) is 0 Å². The summed E-state index contributed by atoms with van der Waals surface area (Å²) < 4.78 is 0. The number of hydrogen-bond acceptors (Lipinski definition) is 3. The highest BCUT2D eigenvalue weighted by molar-refractivity contribution is 5.78. The van der Waals surface area contributed by atoms with Crippen LogP contribution in [0.1, 0.15) is 30.9 Å². The summed E-state index contributed by atoms with van der Waals surface area (Å²) in [5.41, 5.74) is 0.915. The minimum Gasteiger partial charge on any atom is -0.480 e. The van der Waals surface area contributed by atoms with Crippen LogP contribution in [0.5, 0.6) is 0 Å². The van der Waals surface area contributed by atoms with Crippen molar-refractivity contribution in [3.8, 4) is 6.07 Å². The van der Waals surface area contributed by atoms with Crippen molar-refractivity contribution in [2.45, 2.75) is 31.8 Å². The minimum absolute atomic E-state index is 0.620. The fraction of sp³-hybridized carbons (Fsp3) is 0.429. The van der Waals surface area contributed by atoms with Crippen molar-refractivity contribution >= 4 is 5.97 Å². The van der Waals surface area contributed by atoms with Gasteiger partial charge in [0.05, 0.1) is 11.6 Å². The molecule has 0 radical (unpaired) electrons. The van der Waals surface area contributed by atoms with Gasteiger partial charge in [0, 0.05) is 6.54 Å². The SMILES string of the molecule is CC1(C(=O)O)CCCN1Cc1ccc(C#N)cc1. The summed E-state index contributed by atoms with van der Waals surface area (Å²) in [6.45, 7) is 3.21. The average Bonchev–Trinajstić information content (AvgIpc) is 2.73. The molecule has 1 aromatic rings. The van der Waals surface area contributed by atoms with Crippen LogP contribution in [0, 0.1) is 11.3 Å². The van der Waals surface area contributed by atoms with Gasteiger partial charge in [-0.1, -0.05) is 12.1 Å². The third kappa shape index (κ3) is 2.22. The molecule has 0 aliphatic carbocycles. The van der Waals surface area contributed by atoms with Crippen LogP contribution in [0.2, 0.25) is 0 Å². The van der Waals surface area contributed by atoms with E-state index in [-0.39, 0.29) is 0 Å². The molecule has 1 aliphatic heterocycles. The number of carbonyl (C=O) groups is 1. The summed E-state index contributed by atoms with van der Waals surface area (Å²) in [7, 11) is 0. The van der Waals surface area contributed by atoms with E-state index in [1.54, 1.807) is 19.1 Å². The minimum atomic E-state index is -0.756. The lowest BCUT2D eigenvalue weighted by molar-refractivity contribution is -0.148. The molecular formula is C14H16N2O2. The quantitative estimate of drug-likeness (QED) is 0.883. The predicted molar refractivity (Wildman–Crippen MR) is 66.8 cm³/mol. The number of benzene rings is 1. The number of rotatable bonds is 3. The number of carboxylic acids is 1. The summed E-state index contributed by atoms with van der Waals surface area (Å²) in [4.78, 5) is 13.3. The van der Waals surface area contributed by atoms with Crippen molar-refractivity contribution in [3.63, 3.8) is 0 Å². The topological polar surface area (TPSA) is 64.3 Å². The molecule has 0 spiro atoms. The first-order valence-electron chi connectivity index (χ1n) is 6.04. The molecule has 0 saturated carbocycles. The monoisotopic (exact) mass is 244 g/mol. The second-order valence-electron chi connectivity index (χ2n) is 4.91. The first kappa shape index (κ1) is 12.6. The second-order valence-corrected chi connectivity index (χ2v) is 4.91. The van der Waals surface area contributed by atoms with Gasteiger partial charge in [0.2, 0.25) is 0 Å². The van der Waals surface area contributed by atoms with Gasteiger partial charge < -0.3 is 5.11 Å². The van der Waals surface area contributed by atoms with E-state index in [2.05, 4.69) is 6.07 Å². The predicted octanol–water partition coefficient (Wildman–Crippen LogP) is 2.00. The number of hydrogen-bond donors (Lipinski definition) is 1. The zero-order valence-electron chi connectivity index (χ0n) is 10.4. The Bertz CT molecular complexity index is 490. The maximum atomic E-state index is 11.3. The molecule has 2 rings (SSSR count). The van der Waals surface area contributed by atoms with Crippen molar-refractivity contribution in [2.24, 2.45) is 0 Å². The van der Waals surface area contributed by atoms with E-state index in [4.69, 9.17) is 5.26 Å². The second kappa shape index (κ2) is 4.79. The first-order valence-corrected chi connectivity index (χ1v) is 6.04. The molecule has 1 saturated heterocycles. The van der Waals surface area contributed by atoms with Crippen molar-refractivity contribution in [3.05, 3.63) is 35.4 Å². The number of aliphatic carboxylic acids is 1. The standard InChI is InChI=1S/C14H16N2O2/c1-14(13(17)18)7-2-8-16(14)10-12-5-3-11(9-15)4-6-12/h3-6H,2,7-8,10H2,1H3,(H,17,18). The number of carboxylic acid groups (broad SMARTS) is 1. The Hall–Kier alpha value is -1.86. The van der Waals surface area contributed by atoms with Crippen molar-refractivity contribution in [1.29, 1.82) is 5.26 Å². The molecule has 1 atom stereocenters. The Morgan fingerprint density at radius 2 is 2.17 bits per heavy atom. The van der Waals surface area contributed by atoms with Gasteiger partial charge in [-0.15, -0.1) is 0 Å². The average molecular weight is 244 g/mol. The molecule has 1 aromatic carbocycles. The van der Waals surface area contributed by atoms with Crippen LogP contribution in [0.15, 0.2) is 24.3 Å². The number of likely N-dealkylation sites (tertiary alicyclic amines) is 1. The van der Waals surface area contributed by atoms with E-state index in [0.717, 1.165) is 18.5 Å². The van der Waals surface area contributed by atoms with Crippen molar-refractivity contribution in [1.82, 2.24) is 4.90 Å². The van der Waals surface area contributed by atoms with E-state index >= 15 is 0 Å². The molecule has 18 heavy (non-hydrogen) atoms. The molecule has 1 fully saturated rings. The third-order valence-corrected chi connectivity index (χ3v) is 3.71. The zero-order valence-corrected chi connectivity index (χ0v) is 10.4. The van der Waals surface area contributed by atoms with Gasteiger partial charge in [0.1, 0.15) is 5.54 Å². The highest BCUT2D eigenvalue weighted by atomic mass is 16.4. The van der Waals surface area contributed by atoms with Gasteiger partial charge >= 0.3 is 5.97 Å². The molecule has 4 heteroatoms. The lowest BCUT2D eigenvalue weighted by Crippen LogP contribution is -2.47. The Balaban J connectivity index is 2.13. The maximum Gasteiger partial charge on any atom is 0.323 e. The van der Waals surface area contributed by atoms with Crippen LogP contribution in [-0.2, 0) is 11.3 Å². The molecule has 0 amide bonds. The fourth-order valence-electron chi connectivity index (χ4n) is 2.42. The number of nitriles is 1. The van der Waals surface area contributed by atoms with E-state index < -0.39 is 11.5 Å². The lowest BCUT2D eigenvalue weighted by Gasteiger charge is -2.31. The summed E-state index contributed by atoms with van der Waals surface area (Å²) in [5, 5.41) is 18.0. The van der Waals surface area contributed by atoms with Gasteiger partial charge in [-0.2, -0.15) is 5.26 Å². The molecule has 1 unspecified atom stereocenters. The molecular weight excluding hydrogens is 228 g/mol. The largest absolute Gasteiger partial charge is 0.480 e. The Morgan fingerprint density at radius 1 is 1.50 bits per heavy atom. The lowest BCUT2D eigenvalue weighted by atomic mass is 9.99. The molecule has 1 heterocycles. The van der Waals surface area contributed by atoms with E-state index in [1.807, 2.05) is 17.0 Å². The molecule has 4 nitrogen and oxygen atoms in total. The van der Waals surface area contributed by atoms with Crippen LogP contribution in [-0.4, -0.2) is 28.1 Å². The van der Waals surface area contributed by atoms with Crippen LogP contribution in [0.4, 0.5) is 0 Å². The summed E-state index contributed by atoms with van der Waals surface area (Å²) in [6, 6.07) is 9.39. The van der Waals surface area contributed by atoms with Gasteiger partial charge in [-0.05, 0) is 44.0 Å². The van der Waals surface area contributed by atoms with Crippen LogP contribution < -0.4 is 0 Å². The van der Waals surface area contributed by atoms with Crippen molar-refractivity contribution < 1.29 is 9.90 Å². The third-order valence-electron chi connectivity index (χ3n) is 3.71. The van der Waals surface area contributed by atoms with Crippen LogP contribution >= 0.6 is 0 Å². The Labute approximate surface area is 106 Å². The molecule has 94 valence electrons. The Morgan fingerprint density at radius 3 is 2.72 bits per heavy atom. The van der Waals surface area contributed by atoms with E-state index in [0.29, 0.717) is 18.5 Å². The Kier molecular flexibility index (Phi) is 3.35. The van der Waals surface area contributed by atoms with E-state index in [1.165, 1.54) is 0 Å². The van der Waals surface area contributed by atoms with Gasteiger partial charge in [-0.3, -0.25) is 9.69 Å². The smallest absolute Gasteiger partial charge is 0.323 e. The maximum absolute atomic E-state index is 11.3. The highest BCUT2D eigenvalue weighted by Gasteiger charge is 2.42. The number of nitrogens with zero attached hydrogens (tertiary/aromatic N) is 2. The van der Waals surface area contributed by atoms with Gasteiger partial charge in [0.25, 0.3) is 0 Å². The van der Waals surface area contributed by atoms with E-state index in [9.17, 15) is 9.90 Å². The summed E-state index contributed by atoms with van der Waals surface area (Å²) in [5.74, 6) is -0.756. The van der Waals surface area contributed by atoms with Gasteiger partial charge in [-0.25, -0.2) is 0 Å². The summed E-state index contributed by atoms with van der Waals surface area (Å²) in [6.07, 6.45) is 1.61. The zero-order chi connectivity index (χ0) is 13.2. The van der Waals surface area contributed by atoms with Gasteiger partial charge in [0.15, 0.2) is 0 Å². The first-order chi connectivity index (χ1) is 8.56. The molecule has 1 aliphatic rings. The van der Waals surface area contributed by atoms with Crippen LogP contribution in [0.25, 0.3) is 0 Å². The molecule has 1 N–H and O–H groups in total. The fourth-order valence-corrected chi connectivity index (χ4v) is 2.42. The van der Waals surface area contributed by atoms with Crippen molar-refractivity contribution in [2.75, 3.05) is 6.54 Å². The normalized spacial score (nSPS) is 23.8.